The van der Waals surface area contributed by atoms with Crippen LogP contribution in [0.5, 0.6) is 5.88 Å². The van der Waals surface area contributed by atoms with E-state index in [4.69, 9.17) is 5.11 Å². The molecule has 0 spiro atoms. The van der Waals surface area contributed by atoms with E-state index in [9.17, 15) is 0 Å². The fourth-order valence-corrected chi connectivity index (χ4v) is 2.14. The standard InChI is InChI=1S/C5H3BrN2OS/c6-3-2-10-5-7-4(9)1-8(3)5/h1-2,9H. The second kappa shape index (κ2) is 1.96. The van der Waals surface area contributed by atoms with Crippen molar-refractivity contribution in [1.82, 2.24) is 9.38 Å². The van der Waals surface area contributed by atoms with Gasteiger partial charge in [0.15, 0.2) is 4.96 Å². The van der Waals surface area contributed by atoms with E-state index in [1.807, 2.05) is 5.38 Å². The Morgan fingerprint density at radius 1 is 1.70 bits per heavy atom. The van der Waals surface area contributed by atoms with Crippen molar-refractivity contribution in [2.45, 2.75) is 0 Å². The molecule has 1 N–H and O–H groups in total. The summed E-state index contributed by atoms with van der Waals surface area (Å²) in [7, 11) is 0. The second-order valence-corrected chi connectivity index (χ2v) is 3.46. The number of thiazole rings is 1. The van der Waals surface area contributed by atoms with Crippen LogP contribution in [0.3, 0.4) is 0 Å². The van der Waals surface area contributed by atoms with E-state index in [-0.39, 0.29) is 5.88 Å². The molecule has 0 aromatic carbocycles. The predicted octanol–water partition coefficient (Wildman–Crippen LogP) is 1.86. The van der Waals surface area contributed by atoms with Crippen LogP contribution in [-0.4, -0.2) is 14.5 Å². The summed E-state index contributed by atoms with van der Waals surface area (Å²) in [6.45, 7) is 0. The maximum atomic E-state index is 8.92. The molecule has 2 aromatic rings. The van der Waals surface area contributed by atoms with Crippen molar-refractivity contribution in [3.05, 3.63) is 16.2 Å². The van der Waals surface area contributed by atoms with Gasteiger partial charge in [0.25, 0.3) is 0 Å². The van der Waals surface area contributed by atoms with E-state index in [0.717, 1.165) is 9.56 Å². The third-order valence-corrected chi connectivity index (χ3v) is 2.91. The first-order chi connectivity index (χ1) is 4.77. The summed E-state index contributed by atoms with van der Waals surface area (Å²) < 4.78 is 2.69. The summed E-state index contributed by atoms with van der Waals surface area (Å²) in [6.07, 6.45) is 1.57. The summed E-state index contributed by atoms with van der Waals surface area (Å²) in [6, 6.07) is 0. The van der Waals surface area contributed by atoms with Crippen molar-refractivity contribution in [2.24, 2.45) is 0 Å². The highest BCUT2D eigenvalue weighted by Gasteiger charge is 2.03. The molecule has 0 aliphatic rings. The van der Waals surface area contributed by atoms with Crippen LogP contribution >= 0.6 is 27.3 Å². The minimum atomic E-state index is 0.0625. The Labute approximate surface area is 69.1 Å². The van der Waals surface area contributed by atoms with Crippen LogP contribution in [0.15, 0.2) is 16.2 Å². The average molecular weight is 219 g/mol. The summed E-state index contributed by atoms with van der Waals surface area (Å²) >= 11 is 4.78. The van der Waals surface area contributed by atoms with E-state index in [2.05, 4.69) is 20.9 Å². The van der Waals surface area contributed by atoms with E-state index < -0.39 is 0 Å². The Balaban J connectivity index is 2.90. The van der Waals surface area contributed by atoms with Crippen LogP contribution < -0.4 is 0 Å². The monoisotopic (exact) mass is 218 g/mol. The molecule has 0 radical (unpaired) electrons. The number of aromatic hydroxyl groups is 1. The zero-order valence-electron chi connectivity index (χ0n) is 4.78. The number of halogens is 1. The molecule has 0 aliphatic carbocycles. The van der Waals surface area contributed by atoms with Crippen LogP contribution in [0.2, 0.25) is 0 Å². The van der Waals surface area contributed by atoms with E-state index in [0.29, 0.717) is 0 Å². The maximum absolute atomic E-state index is 8.92. The highest BCUT2D eigenvalue weighted by molar-refractivity contribution is 9.10. The molecule has 52 valence electrons. The van der Waals surface area contributed by atoms with Gasteiger partial charge in [0, 0.05) is 5.38 Å². The third kappa shape index (κ3) is 0.741. The second-order valence-electron chi connectivity index (χ2n) is 1.81. The molecule has 2 heterocycles. The molecular weight excluding hydrogens is 216 g/mol. The molecule has 10 heavy (non-hydrogen) atoms. The Bertz CT molecular complexity index is 366. The molecule has 0 saturated carbocycles. The number of nitrogens with zero attached hydrogens (tertiary/aromatic N) is 2. The van der Waals surface area contributed by atoms with Crippen LogP contribution in [0.4, 0.5) is 0 Å². The smallest absolute Gasteiger partial charge is 0.230 e. The molecule has 0 amide bonds. The molecule has 0 aliphatic heterocycles. The van der Waals surface area contributed by atoms with Crippen LogP contribution in [-0.2, 0) is 0 Å². The zero-order valence-corrected chi connectivity index (χ0v) is 7.19. The highest BCUT2D eigenvalue weighted by Crippen LogP contribution is 2.22. The van der Waals surface area contributed by atoms with Gasteiger partial charge in [-0.15, -0.1) is 11.3 Å². The van der Waals surface area contributed by atoms with Crippen LogP contribution in [0.1, 0.15) is 0 Å². The molecule has 0 bridgehead atoms. The maximum Gasteiger partial charge on any atom is 0.230 e. The van der Waals surface area contributed by atoms with Gasteiger partial charge >= 0.3 is 0 Å². The Morgan fingerprint density at radius 2 is 2.50 bits per heavy atom. The van der Waals surface area contributed by atoms with E-state index in [1.54, 1.807) is 10.6 Å². The van der Waals surface area contributed by atoms with Gasteiger partial charge in [-0.3, -0.25) is 4.40 Å². The number of imidazole rings is 1. The predicted molar refractivity (Wildman–Crippen MR) is 42.4 cm³/mol. The minimum Gasteiger partial charge on any atom is -0.492 e. The lowest BCUT2D eigenvalue weighted by atomic mass is 10.8. The van der Waals surface area contributed by atoms with Gasteiger partial charge in [-0.25, -0.2) is 0 Å². The van der Waals surface area contributed by atoms with Gasteiger partial charge in [0.05, 0.1) is 6.20 Å². The van der Waals surface area contributed by atoms with Crippen molar-refractivity contribution in [1.29, 1.82) is 0 Å². The Hall–Kier alpha value is -0.550. The first-order valence-electron chi connectivity index (χ1n) is 2.58. The first-order valence-corrected chi connectivity index (χ1v) is 4.26. The normalized spacial score (nSPS) is 10.9. The van der Waals surface area contributed by atoms with Crippen molar-refractivity contribution >= 4 is 32.2 Å². The number of hydrogen-bond acceptors (Lipinski definition) is 3. The molecule has 0 fully saturated rings. The van der Waals surface area contributed by atoms with Crippen molar-refractivity contribution in [2.75, 3.05) is 0 Å². The quantitative estimate of drug-likeness (QED) is 0.734. The Kier molecular flexibility index (Phi) is 1.21. The van der Waals surface area contributed by atoms with Crippen molar-refractivity contribution < 1.29 is 5.11 Å². The lowest BCUT2D eigenvalue weighted by molar-refractivity contribution is 0.457. The number of aromatic nitrogens is 2. The molecule has 2 aromatic heterocycles. The lowest BCUT2D eigenvalue weighted by Gasteiger charge is -1.80. The van der Waals surface area contributed by atoms with Crippen LogP contribution in [0, 0.1) is 0 Å². The summed E-state index contributed by atoms with van der Waals surface area (Å²) in [5, 5.41) is 10.8. The third-order valence-electron chi connectivity index (χ3n) is 1.15. The molecular formula is C5H3BrN2OS. The van der Waals surface area contributed by atoms with Gasteiger partial charge in [-0.1, -0.05) is 0 Å². The molecule has 0 unspecified atom stereocenters. The number of hydrogen-bond donors (Lipinski definition) is 1. The van der Waals surface area contributed by atoms with Gasteiger partial charge in [-0.2, -0.15) is 4.98 Å². The topological polar surface area (TPSA) is 37.5 Å². The fraction of sp³-hybridized carbons (Fsp3) is 0. The molecule has 3 nitrogen and oxygen atoms in total. The highest BCUT2D eigenvalue weighted by atomic mass is 79.9. The van der Waals surface area contributed by atoms with Gasteiger partial charge in [0.2, 0.25) is 5.88 Å². The van der Waals surface area contributed by atoms with E-state index >= 15 is 0 Å². The molecule has 0 atom stereocenters. The molecule has 0 saturated heterocycles. The molecule has 2 rings (SSSR count). The first kappa shape index (κ1) is 6.18. The summed E-state index contributed by atoms with van der Waals surface area (Å²) in [4.78, 5) is 4.64. The van der Waals surface area contributed by atoms with E-state index in [1.165, 1.54) is 11.3 Å². The fourth-order valence-electron chi connectivity index (χ4n) is 0.746. The van der Waals surface area contributed by atoms with Gasteiger partial charge in [0.1, 0.15) is 4.60 Å². The summed E-state index contributed by atoms with van der Waals surface area (Å²) in [5.41, 5.74) is 0. The molecule has 5 heteroatoms. The Morgan fingerprint density at radius 3 is 3.20 bits per heavy atom. The zero-order chi connectivity index (χ0) is 7.14. The SMILES string of the molecule is Oc1cn2c(Br)csc2n1. The summed E-state index contributed by atoms with van der Waals surface area (Å²) in [5.74, 6) is 0.0625. The average Bonchev–Trinajstić information content (AvgIpc) is 2.35. The van der Waals surface area contributed by atoms with Crippen LogP contribution in [0.25, 0.3) is 4.96 Å². The number of rotatable bonds is 0. The van der Waals surface area contributed by atoms with Crippen molar-refractivity contribution in [3.63, 3.8) is 0 Å². The number of fused-ring (bicyclic) bond motifs is 1. The van der Waals surface area contributed by atoms with Gasteiger partial charge < -0.3 is 5.11 Å². The lowest BCUT2D eigenvalue weighted by Crippen LogP contribution is -1.72. The van der Waals surface area contributed by atoms with Gasteiger partial charge in [-0.05, 0) is 15.9 Å². The minimum absolute atomic E-state index is 0.0625. The largest absolute Gasteiger partial charge is 0.492 e. The van der Waals surface area contributed by atoms with Crippen molar-refractivity contribution in [3.8, 4) is 5.88 Å².